The second-order valence-electron chi connectivity index (χ2n) is 4.72. The molecule has 1 fully saturated rings. The fraction of sp³-hybridized carbons (Fsp3) is 0.357. The van der Waals surface area contributed by atoms with E-state index in [9.17, 15) is 8.78 Å². The lowest BCUT2D eigenvalue weighted by atomic mass is 10.1. The fourth-order valence-electron chi connectivity index (χ4n) is 2.12. The van der Waals surface area contributed by atoms with Crippen LogP contribution in [0.4, 0.5) is 8.78 Å². The van der Waals surface area contributed by atoms with Crippen molar-refractivity contribution in [3.8, 4) is 17.1 Å². The number of nitrogens with zero attached hydrogens (tertiary/aromatic N) is 1. The highest BCUT2D eigenvalue weighted by Crippen LogP contribution is 2.37. The Labute approximate surface area is 109 Å². The Bertz CT molecular complexity index is 605. The maximum atomic E-state index is 14.2. The number of hydrogen-bond acceptors (Lipinski definition) is 3. The van der Waals surface area contributed by atoms with Crippen LogP contribution < -0.4 is 4.74 Å². The number of halogens is 2. The van der Waals surface area contributed by atoms with Crippen LogP contribution in [-0.2, 0) is 6.42 Å². The summed E-state index contributed by atoms with van der Waals surface area (Å²) in [6.45, 7) is 0. The number of aromatic nitrogens is 1. The van der Waals surface area contributed by atoms with Crippen molar-refractivity contribution in [2.45, 2.75) is 19.3 Å². The number of benzene rings is 1. The molecule has 2 aromatic rings. The smallest absolute Gasteiger partial charge is 0.191 e. The maximum Gasteiger partial charge on any atom is 0.191 e. The molecule has 1 aromatic carbocycles. The van der Waals surface area contributed by atoms with Crippen LogP contribution in [0.3, 0.4) is 0 Å². The van der Waals surface area contributed by atoms with Crippen molar-refractivity contribution in [2.24, 2.45) is 5.92 Å². The molecule has 0 N–H and O–H groups in total. The molecule has 19 heavy (non-hydrogen) atoms. The van der Waals surface area contributed by atoms with Crippen molar-refractivity contribution in [1.29, 1.82) is 0 Å². The normalized spacial score (nSPS) is 14.7. The highest BCUT2D eigenvalue weighted by Gasteiger charge is 2.27. The second kappa shape index (κ2) is 4.64. The zero-order chi connectivity index (χ0) is 13.4. The Kier molecular flexibility index (Phi) is 2.97. The Morgan fingerprint density at radius 3 is 2.84 bits per heavy atom. The lowest BCUT2D eigenvalue weighted by molar-refractivity contribution is 0.360. The van der Waals surface area contributed by atoms with Gasteiger partial charge in [0.25, 0.3) is 0 Å². The monoisotopic (exact) mass is 265 g/mol. The molecule has 0 unspecified atom stereocenters. The first kappa shape index (κ1) is 12.1. The Balaban J connectivity index is 2.04. The highest BCUT2D eigenvalue weighted by atomic mass is 19.1. The van der Waals surface area contributed by atoms with Gasteiger partial charge in [0.1, 0.15) is 0 Å². The van der Waals surface area contributed by atoms with Crippen LogP contribution in [0.2, 0.25) is 0 Å². The molecular formula is C14H13F2NO2. The van der Waals surface area contributed by atoms with Gasteiger partial charge in [-0.2, -0.15) is 0 Å². The molecule has 5 heteroatoms. The largest absolute Gasteiger partial charge is 0.491 e. The summed E-state index contributed by atoms with van der Waals surface area (Å²) in [6, 6.07) is 2.52. The van der Waals surface area contributed by atoms with Gasteiger partial charge in [-0.3, -0.25) is 0 Å². The molecule has 0 saturated heterocycles. The molecule has 0 amide bonds. The molecule has 1 saturated carbocycles. The molecule has 0 aliphatic heterocycles. The minimum atomic E-state index is -0.753. The molecule has 1 heterocycles. The summed E-state index contributed by atoms with van der Waals surface area (Å²) >= 11 is 0. The fourth-order valence-corrected chi connectivity index (χ4v) is 2.12. The third-order valence-corrected chi connectivity index (χ3v) is 3.32. The van der Waals surface area contributed by atoms with Gasteiger partial charge >= 0.3 is 0 Å². The summed E-state index contributed by atoms with van der Waals surface area (Å²) in [5.41, 5.74) is 0.904. The number of methoxy groups -OCH3 is 1. The molecule has 0 spiro atoms. The van der Waals surface area contributed by atoms with E-state index < -0.39 is 17.4 Å². The number of oxazole rings is 1. The van der Waals surface area contributed by atoms with Crippen molar-refractivity contribution in [3.05, 3.63) is 35.9 Å². The van der Waals surface area contributed by atoms with Gasteiger partial charge < -0.3 is 9.15 Å². The standard InChI is InChI=1S/C14H13F2NO2/c1-18-14-10(15)5-4-9(12(14)16)13-11(17-7-19-13)6-8-2-3-8/h4-5,7-8H,2-3,6H2,1H3. The van der Waals surface area contributed by atoms with Crippen LogP contribution >= 0.6 is 0 Å². The number of ether oxygens (including phenoxy) is 1. The van der Waals surface area contributed by atoms with Crippen molar-refractivity contribution < 1.29 is 17.9 Å². The molecule has 3 nitrogen and oxygen atoms in total. The van der Waals surface area contributed by atoms with E-state index in [4.69, 9.17) is 9.15 Å². The van der Waals surface area contributed by atoms with E-state index in [-0.39, 0.29) is 5.56 Å². The van der Waals surface area contributed by atoms with E-state index in [1.165, 1.54) is 38.5 Å². The van der Waals surface area contributed by atoms with E-state index in [1.54, 1.807) is 0 Å². The van der Waals surface area contributed by atoms with Gasteiger partial charge in [-0.05, 0) is 37.3 Å². The van der Waals surface area contributed by atoms with E-state index in [2.05, 4.69) is 4.98 Å². The molecule has 100 valence electrons. The maximum absolute atomic E-state index is 14.2. The van der Waals surface area contributed by atoms with E-state index in [0.29, 0.717) is 11.7 Å². The highest BCUT2D eigenvalue weighted by molar-refractivity contribution is 5.63. The van der Waals surface area contributed by atoms with Crippen LogP contribution in [0.25, 0.3) is 11.3 Å². The third kappa shape index (κ3) is 2.20. The predicted molar refractivity (Wildman–Crippen MR) is 64.8 cm³/mol. The van der Waals surface area contributed by atoms with Crippen molar-refractivity contribution >= 4 is 0 Å². The third-order valence-electron chi connectivity index (χ3n) is 3.32. The minimum absolute atomic E-state index is 0.186. The molecule has 3 rings (SSSR count). The second-order valence-corrected chi connectivity index (χ2v) is 4.72. The summed E-state index contributed by atoms with van der Waals surface area (Å²) in [7, 11) is 1.23. The minimum Gasteiger partial charge on any atom is -0.491 e. The SMILES string of the molecule is COc1c(F)ccc(-c2ocnc2CC2CC2)c1F. The lowest BCUT2D eigenvalue weighted by Crippen LogP contribution is -1.97. The van der Waals surface area contributed by atoms with Crippen LogP contribution in [0, 0.1) is 17.6 Å². The van der Waals surface area contributed by atoms with Gasteiger partial charge in [0.05, 0.1) is 18.4 Å². The van der Waals surface area contributed by atoms with Gasteiger partial charge in [0, 0.05) is 0 Å². The average Bonchev–Trinajstić information content (AvgIpc) is 3.08. The topological polar surface area (TPSA) is 35.3 Å². The van der Waals surface area contributed by atoms with Gasteiger partial charge in [0.15, 0.2) is 29.5 Å². The quantitative estimate of drug-likeness (QED) is 0.847. The van der Waals surface area contributed by atoms with E-state index >= 15 is 0 Å². The molecular weight excluding hydrogens is 252 g/mol. The summed E-state index contributed by atoms with van der Waals surface area (Å²) in [6.07, 6.45) is 4.40. The van der Waals surface area contributed by atoms with Crippen LogP contribution in [0.15, 0.2) is 22.9 Å². The van der Waals surface area contributed by atoms with Crippen molar-refractivity contribution in [2.75, 3.05) is 7.11 Å². The predicted octanol–water partition coefficient (Wildman–Crippen LogP) is 3.58. The van der Waals surface area contributed by atoms with Crippen LogP contribution in [-0.4, -0.2) is 12.1 Å². The Hall–Kier alpha value is -1.91. The van der Waals surface area contributed by atoms with Gasteiger partial charge in [-0.25, -0.2) is 13.8 Å². The molecule has 0 bridgehead atoms. The first-order chi connectivity index (χ1) is 9.20. The Morgan fingerprint density at radius 2 is 2.16 bits per heavy atom. The first-order valence-electron chi connectivity index (χ1n) is 6.15. The van der Waals surface area contributed by atoms with Crippen molar-refractivity contribution in [3.63, 3.8) is 0 Å². The van der Waals surface area contributed by atoms with E-state index in [0.717, 1.165) is 12.1 Å². The van der Waals surface area contributed by atoms with Crippen LogP contribution in [0.5, 0.6) is 5.75 Å². The summed E-state index contributed by atoms with van der Waals surface area (Å²) in [5, 5.41) is 0. The first-order valence-corrected chi connectivity index (χ1v) is 6.15. The van der Waals surface area contributed by atoms with Gasteiger partial charge in [-0.1, -0.05) is 0 Å². The van der Waals surface area contributed by atoms with Crippen molar-refractivity contribution in [1.82, 2.24) is 4.98 Å². The summed E-state index contributed by atoms with van der Waals surface area (Å²) in [5.74, 6) is -0.911. The summed E-state index contributed by atoms with van der Waals surface area (Å²) in [4.78, 5) is 4.12. The zero-order valence-corrected chi connectivity index (χ0v) is 10.5. The average molecular weight is 265 g/mol. The molecule has 1 aliphatic carbocycles. The number of rotatable bonds is 4. The molecule has 1 aromatic heterocycles. The summed E-state index contributed by atoms with van der Waals surface area (Å²) < 4.78 is 37.6. The van der Waals surface area contributed by atoms with E-state index in [1.807, 2.05) is 0 Å². The zero-order valence-electron chi connectivity index (χ0n) is 10.5. The number of hydrogen-bond donors (Lipinski definition) is 0. The Morgan fingerprint density at radius 1 is 1.37 bits per heavy atom. The molecule has 1 aliphatic rings. The molecule has 0 atom stereocenters. The molecule has 0 radical (unpaired) electrons. The van der Waals surface area contributed by atoms with Gasteiger partial charge in [-0.15, -0.1) is 0 Å². The van der Waals surface area contributed by atoms with Gasteiger partial charge in [0.2, 0.25) is 0 Å². The lowest BCUT2D eigenvalue weighted by Gasteiger charge is -2.07. The van der Waals surface area contributed by atoms with Crippen LogP contribution in [0.1, 0.15) is 18.5 Å².